The number of hydrogen-bond donors (Lipinski definition) is 1. The molecule has 142 valence electrons. The Morgan fingerprint density at radius 2 is 1.82 bits per heavy atom. The molecular weight excluding hydrogens is 348 g/mol. The highest BCUT2D eigenvalue weighted by Gasteiger charge is 2.52. The maximum Gasteiger partial charge on any atom is 0.165 e. The highest BCUT2D eigenvalue weighted by atomic mass is 16.5. The van der Waals surface area contributed by atoms with Gasteiger partial charge in [0.1, 0.15) is 11.5 Å². The molecule has 0 aromatic heterocycles. The van der Waals surface area contributed by atoms with Gasteiger partial charge in [0.15, 0.2) is 5.78 Å². The Kier molecular flexibility index (Phi) is 4.07. The van der Waals surface area contributed by atoms with Gasteiger partial charge < -0.3 is 9.84 Å². The van der Waals surface area contributed by atoms with E-state index in [1.165, 1.54) is 0 Å². The van der Waals surface area contributed by atoms with Crippen LogP contribution >= 0.6 is 0 Å². The zero-order valence-corrected chi connectivity index (χ0v) is 16.5. The average molecular weight is 372 g/mol. The Balaban J connectivity index is 1.96. The lowest BCUT2D eigenvalue weighted by Gasteiger charge is -2.47. The van der Waals surface area contributed by atoms with Gasteiger partial charge in [-0.15, -0.1) is 0 Å². The van der Waals surface area contributed by atoms with Crippen molar-refractivity contribution in [3.8, 4) is 5.75 Å². The molecule has 0 saturated heterocycles. The summed E-state index contributed by atoms with van der Waals surface area (Å²) in [6, 6.07) is 15.7. The first-order valence-electron chi connectivity index (χ1n) is 9.41. The number of ketones is 1. The number of carbonyl (C=O) groups is 1. The van der Waals surface area contributed by atoms with Gasteiger partial charge in [0.05, 0.1) is 12.5 Å². The first-order chi connectivity index (χ1) is 13.3. The minimum absolute atomic E-state index is 0.00507. The third-order valence-corrected chi connectivity index (χ3v) is 6.22. The second-order valence-electron chi connectivity index (χ2n) is 8.01. The molecule has 1 N–H and O–H groups in total. The van der Waals surface area contributed by atoms with Crippen molar-refractivity contribution in [2.24, 2.45) is 5.41 Å². The SMILES string of the molecule is C=C1C(O)=C2[C@](C)(Cc3ccccc3)C(=O)C=C[C@]2(C)c2cc(OC)ccc21. The summed E-state index contributed by atoms with van der Waals surface area (Å²) in [7, 11) is 1.63. The molecular formula is C25H24O3. The summed E-state index contributed by atoms with van der Waals surface area (Å²) in [4.78, 5) is 13.1. The second-order valence-corrected chi connectivity index (χ2v) is 8.01. The van der Waals surface area contributed by atoms with Crippen molar-refractivity contribution >= 4 is 11.4 Å². The minimum atomic E-state index is -0.862. The summed E-state index contributed by atoms with van der Waals surface area (Å²) in [5.74, 6) is 0.856. The van der Waals surface area contributed by atoms with Crippen LogP contribution in [0.3, 0.4) is 0 Å². The molecule has 3 nitrogen and oxygen atoms in total. The Labute approximate surface area is 165 Å². The molecule has 0 spiro atoms. The average Bonchev–Trinajstić information content (AvgIpc) is 2.70. The summed E-state index contributed by atoms with van der Waals surface area (Å²) in [5, 5.41) is 11.2. The number of methoxy groups -OCH3 is 1. The van der Waals surface area contributed by atoms with Crippen molar-refractivity contribution in [2.75, 3.05) is 7.11 Å². The zero-order valence-electron chi connectivity index (χ0n) is 16.5. The molecule has 28 heavy (non-hydrogen) atoms. The van der Waals surface area contributed by atoms with E-state index in [2.05, 4.69) is 13.5 Å². The van der Waals surface area contributed by atoms with E-state index in [0.717, 1.165) is 22.4 Å². The maximum atomic E-state index is 13.1. The molecule has 2 aromatic carbocycles. The van der Waals surface area contributed by atoms with Crippen LogP contribution in [0.4, 0.5) is 0 Å². The number of allylic oxidation sites excluding steroid dienone is 4. The first-order valence-corrected chi connectivity index (χ1v) is 9.41. The molecule has 0 aliphatic heterocycles. The van der Waals surface area contributed by atoms with Crippen LogP contribution in [0.5, 0.6) is 5.75 Å². The van der Waals surface area contributed by atoms with Crippen molar-refractivity contribution in [3.63, 3.8) is 0 Å². The van der Waals surface area contributed by atoms with Crippen molar-refractivity contribution < 1.29 is 14.6 Å². The third-order valence-electron chi connectivity index (χ3n) is 6.22. The summed E-state index contributed by atoms with van der Waals surface area (Å²) < 4.78 is 5.44. The Bertz CT molecular complexity index is 1040. The van der Waals surface area contributed by atoms with E-state index >= 15 is 0 Å². The van der Waals surface area contributed by atoms with Crippen molar-refractivity contribution in [2.45, 2.75) is 25.7 Å². The normalized spacial score (nSPS) is 26.1. The molecule has 0 amide bonds. The van der Waals surface area contributed by atoms with Gasteiger partial charge in [0.25, 0.3) is 0 Å². The van der Waals surface area contributed by atoms with Gasteiger partial charge in [-0.3, -0.25) is 4.79 Å². The standard InChI is InChI=1S/C25H24O3/c1-16-19-11-10-18(28-4)14-20(19)24(2)13-12-21(26)25(3,23(24)22(16)27)15-17-8-6-5-7-9-17/h5-14,27H,1,15H2,2-4H3/t24-,25-/m1/s1. The van der Waals surface area contributed by atoms with Gasteiger partial charge in [-0.2, -0.15) is 0 Å². The fraction of sp³-hybridized carbons (Fsp3) is 0.240. The number of ether oxygens (including phenoxy) is 1. The van der Waals surface area contributed by atoms with Gasteiger partial charge in [0.2, 0.25) is 0 Å². The van der Waals surface area contributed by atoms with Crippen LogP contribution in [-0.4, -0.2) is 18.0 Å². The molecule has 0 bridgehead atoms. The monoisotopic (exact) mass is 372 g/mol. The van der Waals surface area contributed by atoms with Crippen LogP contribution in [0.15, 0.2) is 78.6 Å². The van der Waals surface area contributed by atoms with E-state index in [0.29, 0.717) is 17.6 Å². The summed E-state index contributed by atoms with van der Waals surface area (Å²) in [6.45, 7) is 8.10. The number of aliphatic hydroxyl groups is 1. The van der Waals surface area contributed by atoms with Gasteiger partial charge in [-0.25, -0.2) is 0 Å². The fourth-order valence-electron chi connectivity index (χ4n) is 4.74. The molecule has 4 rings (SSSR count). The highest BCUT2D eigenvalue weighted by molar-refractivity contribution is 6.02. The van der Waals surface area contributed by atoms with E-state index in [9.17, 15) is 9.90 Å². The molecule has 0 heterocycles. The van der Waals surface area contributed by atoms with E-state index in [-0.39, 0.29) is 11.5 Å². The number of benzene rings is 2. The Hall–Kier alpha value is -3.07. The lowest BCUT2D eigenvalue weighted by molar-refractivity contribution is -0.122. The Morgan fingerprint density at radius 1 is 1.11 bits per heavy atom. The zero-order chi connectivity index (χ0) is 20.1. The lowest BCUT2D eigenvalue weighted by Crippen LogP contribution is -2.46. The fourth-order valence-corrected chi connectivity index (χ4v) is 4.74. The van der Waals surface area contributed by atoms with Crippen LogP contribution in [0.1, 0.15) is 30.5 Å². The largest absolute Gasteiger partial charge is 0.507 e. The summed E-state index contributed by atoms with van der Waals surface area (Å²) in [5.41, 5.74) is 2.71. The minimum Gasteiger partial charge on any atom is -0.507 e. The number of fused-ring (bicyclic) bond motifs is 3. The topological polar surface area (TPSA) is 46.5 Å². The predicted octanol–water partition coefficient (Wildman–Crippen LogP) is 5.18. The van der Waals surface area contributed by atoms with E-state index < -0.39 is 10.8 Å². The van der Waals surface area contributed by atoms with Crippen molar-refractivity contribution in [1.29, 1.82) is 0 Å². The number of aliphatic hydroxyl groups excluding tert-OH is 1. The number of rotatable bonds is 3. The summed E-state index contributed by atoms with van der Waals surface area (Å²) in [6.07, 6.45) is 4.08. The van der Waals surface area contributed by atoms with Gasteiger partial charge in [0, 0.05) is 16.6 Å². The van der Waals surface area contributed by atoms with Crippen LogP contribution in [-0.2, 0) is 16.6 Å². The Morgan fingerprint density at radius 3 is 2.50 bits per heavy atom. The molecule has 2 aliphatic rings. The molecule has 0 unspecified atom stereocenters. The maximum absolute atomic E-state index is 13.1. The molecule has 2 aromatic rings. The van der Waals surface area contributed by atoms with Crippen LogP contribution < -0.4 is 4.74 Å². The van der Waals surface area contributed by atoms with Crippen molar-refractivity contribution in [1.82, 2.24) is 0 Å². The number of carbonyl (C=O) groups excluding carboxylic acids is 1. The van der Waals surface area contributed by atoms with E-state index in [1.807, 2.05) is 61.5 Å². The smallest absolute Gasteiger partial charge is 0.165 e. The van der Waals surface area contributed by atoms with Crippen LogP contribution in [0.25, 0.3) is 5.57 Å². The van der Waals surface area contributed by atoms with Crippen LogP contribution in [0, 0.1) is 5.41 Å². The lowest BCUT2D eigenvalue weighted by atomic mass is 9.55. The van der Waals surface area contributed by atoms with Gasteiger partial charge >= 0.3 is 0 Å². The van der Waals surface area contributed by atoms with Crippen molar-refractivity contribution in [3.05, 3.63) is 95.3 Å². The quantitative estimate of drug-likeness (QED) is 0.807. The molecule has 0 radical (unpaired) electrons. The molecule has 0 saturated carbocycles. The first kappa shape index (κ1) is 18.3. The van der Waals surface area contributed by atoms with Crippen LogP contribution in [0.2, 0.25) is 0 Å². The molecule has 2 atom stereocenters. The van der Waals surface area contributed by atoms with Gasteiger partial charge in [-0.1, -0.05) is 49.1 Å². The number of hydrogen-bond acceptors (Lipinski definition) is 3. The van der Waals surface area contributed by atoms with E-state index in [1.54, 1.807) is 13.2 Å². The highest BCUT2D eigenvalue weighted by Crippen LogP contribution is 2.56. The predicted molar refractivity (Wildman–Crippen MR) is 111 cm³/mol. The molecule has 0 fully saturated rings. The molecule has 2 aliphatic carbocycles. The van der Waals surface area contributed by atoms with E-state index in [4.69, 9.17) is 4.74 Å². The summed E-state index contributed by atoms with van der Waals surface area (Å²) >= 11 is 0. The molecule has 3 heteroatoms. The second kappa shape index (κ2) is 6.23. The van der Waals surface area contributed by atoms with Gasteiger partial charge in [-0.05, 0) is 55.2 Å². The third kappa shape index (κ3) is 2.46.